The van der Waals surface area contributed by atoms with Crippen molar-refractivity contribution in [1.29, 1.82) is 0 Å². The lowest BCUT2D eigenvalue weighted by molar-refractivity contribution is -0.122. The molecule has 0 saturated carbocycles. The molecule has 37 heavy (non-hydrogen) atoms. The van der Waals surface area contributed by atoms with Gasteiger partial charge in [-0.25, -0.2) is 9.69 Å². The molecule has 1 N–H and O–H groups in total. The van der Waals surface area contributed by atoms with E-state index in [0.29, 0.717) is 33.8 Å². The van der Waals surface area contributed by atoms with E-state index in [9.17, 15) is 14.4 Å². The zero-order chi connectivity index (χ0) is 26.5. The average Bonchev–Trinajstić information content (AvgIpc) is 2.86. The number of carbonyl (C=O) groups is 3. The lowest BCUT2D eigenvalue weighted by Gasteiger charge is -2.26. The third kappa shape index (κ3) is 6.00. The van der Waals surface area contributed by atoms with Crippen LogP contribution in [0.3, 0.4) is 0 Å². The fourth-order valence-electron chi connectivity index (χ4n) is 3.73. The van der Waals surface area contributed by atoms with Crippen molar-refractivity contribution in [2.75, 3.05) is 25.2 Å². The van der Waals surface area contributed by atoms with Crippen molar-refractivity contribution in [2.45, 2.75) is 13.8 Å². The predicted octanol–water partition coefficient (Wildman–Crippen LogP) is 5.20. The van der Waals surface area contributed by atoms with Gasteiger partial charge in [-0.2, -0.15) is 0 Å². The van der Waals surface area contributed by atoms with Crippen LogP contribution in [0.2, 0.25) is 0 Å². The van der Waals surface area contributed by atoms with Crippen LogP contribution in [-0.2, 0) is 9.59 Å². The van der Waals surface area contributed by atoms with Crippen LogP contribution >= 0.6 is 15.9 Å². The van der Waals surface area contributed by atoms with Gasteiger partial charge in [0.1, 0.15) is 24.5 Å². The maximum atomic E-state index is 13.2. The van der Waals surface area contributed by atoms with Crippen molar-refractivity contribution in [1.82, 2.24) is 5.32 Å². The fourth-order valence-corrected chi connectivity index (χ4v) is 4.30. The molecule has 8 nitrogen and oxygen atoms in total. The minimum absolute atomic E-state index is 0.185. The van der Waals surface area contributed by atoms with Crippen molar-refractivity contribution in [2.24, 2.45) is 0 Å². The molecule has 4 rings (SSSR count). The number of carbonyl (C=O) groups excluding carboxylic acids is 3. The molecule has 0 unspecified atom stereocenters. The van der Waals surface area contributed by atoms with E-state index >= 15 is 0 Å². The van der Waals surface area contributed by atoms with Crippen LogP contribution in [0.15, 0.2) is 70.7 Å². The topological polar surface area (TPSA) is 94.2 Å². The molecule has 190 valence electrons. The number of barbiturate groups is 1. The summed E-state index contributed by atoms with van der Waals surface area (Å²) in [7, 11) is 1.49. The number of rotatable bonds is 8. The number of benzene rings is 3. The number of anilines is 1. The summed E-state index contributed by atoms with van der Waals surface area (Å²) in [6, 6.07) is 17.2. The molecule has 3 aromatic carbocycles. The van der Waals surface area contributed by atoms with Gasteiger partial charge >= 0.3 is 6.03 Å². The number of methoxy groups -OCH3 is 1. The predicted molar refractivity (Wildman–Crippen MR) is 143 cm³/mol. The second-order valence-corrected chi connectivity index (χ2v) is 9.20. The Hall–Kier alpha value is -4.11. The summed E-state index contributed by atoms with van der Waals surface area (Å²) in [6.07, 6.45) is 1.41. The summed E-state index contributed by atoms with van der Waals surface area (Å²) < 4.78 is 17.6. The Labute approximate surface area is 223 Å². The van der Waals surface area contributed by atoms with Crippen LogP contribution < -0.4 is 24.4 Å². The molecule has 0 aliphatic carbocycles. The zero-order valence-electron chi connectivity index (χ0n) is 20.5. The van der Waals surface area contributed by atoms with E-state index in [4.69, 9.17) is 14.2 Å². The molecule has 0 bridgehead atoms. The van der Waals surface area contributed by atoms with Crippen molar-refractivity contribution in [3.63, 3.8) is 0 Å². The van der Waals surface area contributed by atoms with Crippen LogP contribution in [-0.4, -0.2) is 38.2 Å². The van der Waals surface area contributed by atoms with E-state index in [1.54, 1.807) is 30.3 Å². The summed E-state index contributed by atoms with van der Waals surface area (Å²) in [4.78, 5) is 39.1. The molecule has 0 atom stereocenters. The van der Waals surface area contributed by atoms with Crippen LogP contribution in [0.5, 0.6) is 17.2 Å². The molecule has 1 fully saturated rings. The molecular weight excluding hydrogens is 540 g/mol. The standard InChI is InChI=1S/C28H25BrN2O6/c1-17-7-9-21(10-8-17)36-11-12-37-25-23(29)15-19(16-24(25)35-3)14-22-26(32)30-28(34)31(27(22)33)20-6-4-5-18(2)13-20/h4-10,13-16H,11-12H2,1-3H3,(H,30,32,34)/b22-14+. The van der Waals surface area contributed by atoms with Crippen LogP contribution in [0, 0.1) is 13.8 Å². The number of aryl methyl sites for hydroxylation is 2. The highest BCUT2D eigenvalue weighted by atomic mass is 79.9. The SMILES string of the molecule is COc1cc(/C=C2\C(=O)NC(=O)N(c3cccc(C)c3)C2=O)cc(Br)c1OCCOc1ccc(C)cc1. The Morgan fingerprint density at radius 2 is 1.65 bits per heavy atom. The first-order chi connectivity index (χ1) is 17.8. The monoisotopic (exact) mass is 564 g/mol. The molecule has 0 aromatic heterocycles. The fraction of sp³-hybridized carbons (Fsp3) is 0.179. The molecular formula is C28H25BrN2O6. The van der Waals surface area contributed by atoms with Crippen LogP contribution in [0.4, 0.5) is 10.5 Å². The van der Waals surface area contributed by atoms with Gasteiger partial charge in [-0.15, -0.1) is 0 Å². The molecule has 9 heteroatoms. The molecule has 3 aromatic rings. The van der Waals surface area contributed by atoms with E-state index < -0.39 is 17.8 Å². The number of halogens is 1. The van der Waals surface area contributed by atoms with Crippen LogP contribution in [0.1, 0.15) is 16.7 Å². The van der Waals surface area contributed by atoms with Crippen molar-refractivity contribution < 1.29 is 28.6 Å². The van der Waals surface area contributed by atoms with Crippen LogP contribution in [0.25, 0.3) is 6.08 Å². The first-order valence-electron chi connectivity index (χ1n) is 11.4. The van der Waals surface area contributed by atoms with Crippen molar-refractivity contribution in [3.8, 4) is 17.2 Å². The number of imide groups is 2. The highest BCUT2D eigenvalue weighted by molar-refractivity contribution is 9.10. The first kappa shape index (κ1) is 26.0. The van der Waals surface area contributed by atoms with Gasteiger partial charge in [-0.05, 0) is 83.4 Å². The van der Waals surface area contributed by atoms with Gasteiger partial charge in [0.15, 0.2) is 11.5 Å². The van der Waals surface area contributed by atoms with Crippen molar-refractivity contribution >= 4 is 45.5 Å². The van der Waals surface area contributed by atoms with Gasteiger partial charge in [-0.1, -0.05) is 29.8 Å². The number of nitrogens with zero attached hydrogens (tertiary/aromatic N) is 1. The Kier molecular flexibility index (Phi) is 7.93. The van der Waals surface area contributed by atoms with Gasteiger partial charge in [0.05, 0.1) is 17.3 Å². The number of amides is 4. The van der Waals surface area contributed by atoms with E-state index in [1.807, 2.05) is 44.2 Å². The van der Waals surface area contributed by atoms with Gasteiger partial charge < -0.3 is 14.2 Å². The molecule has 0 spiro atoms. The minimum atomic E-state index is -0.798. The summed E-state index contributed by atoms with van der Waals surface area (Å²) in [6.45, 7) is 4.44. The van der Waals surface area contributed by atoms with Crippen molar-refractivity contribution in [3.05, 3.63) is 87.4 Å². The minimum Gasteiger partial charge on any atom is -0.493 e. The van der Waals surface area contributed by atoms with Gasteiger partial charge in [-0.3, -0.25) is 14.9 Å². The largest absolute Gasteiger partial charge is 0.493 e. The summed E-state index contributed by atoms with van der Waals surface area (Å²) in [5.41, 5.74) is 2.71. The Bertz CT molecular complexity index is 1380. The molecule has 1 aliphatic heterocycles. The zero-order valence-corrected chi connectivity index (χ0v) is 22.1. The number of urea groups is 1. The smallest absolute Gasteiger partial charge is 0.335 e. The van der Waals surface area contributed by atoms with E-state index in [1.165, 1.54) is 13.2 Å². The Balaban J connectivity index is 1.53. The normalized spacial score (nSPS) is 14.5. The highest BCUT2D eigenvalue weighted by Gasteiger charge is 2.36. The Morgan fingerprint density at radius 1 is 0.919 bits per heavy atom. The number of ether oxygens (including phenoxy) is 3. The molecule has 0 radical (unpaired) electrons. The maximum absolute atomic E-state index is 13.2. The lowest BCUT2D eigenvalue weighted by Crippen LogP contribution is -2.54. The summed E-state index contributed by atoms with van der Waals surface area (Å²) in [5.74, 6) is 0.0985. The molecule has 1 heterocycles. The van der Waals surface area contributed by atoms with Gasteiger partial charge in [0.2, 0.25) is 0 Å². The number of hydrogen-bond acceptors (Lipinski definition) is 6. The number of nitrogens with one attached hydrogen (secondary N) is 1. The highest BCUT2D eigenvalue weighted by Crippen LogP contribution is 2.37. The summed E-state index contributed by atoms with van der Waals surface area (Å²) in [5, 5.41) is 2.23. The molecule has 4 amide bonds. The average molecular weight is 565 g/mol. The van der Waals surface area contributed by atoms with Gasteiger partial charge in [0.25, 0.3) is 11.8 Å². The third-order valence-corrected chi connectivity index (χ3v) is 6.13. The van der Waals surface area contributed by atoms with Gasteiger partial charge in [0, 0.05) is 0 Å². The van der Waals surface area contributed by atoms with E-state index in [-0.39, 0.29) is 12.2 Å². The molecule has 1 aliphatic rings. The molecule has 1 saturated heterocycles. The van der Waals surface area contributed by atoms with E-state index in [2.05, 4.69) is 21.2 Å². The Morgan fingerprint density at radius 3 is 2.35 bits per heavy atom. The second-order valence-electron chi connectivity index (χ2n) is 8.34. The second kappa shape index (κ2) is 11.3. The van der Waals surface area contributed by atoms with E-state index in [0.717, 1.165) is 21.8 Å². The quantitative estimate of drug-likeness (QED) is 0.229. The first-order valence-corrected chi connectivity index (χ1v) is 12.2. The number of hydrogen-bond donors (Lipinski definition) is 1. The maximum Gasteiger partial charge on any atom is 0.335 e. The third-order valence-electron chi connectivity index (χ3n) is 5.54. The summed E-state index contributed by atoms with van der Waals surface area (Å²) >= 11 is 3.48. The lowest BCUT2D eigenvalue weighted by atomic mass is 10.1.